The third-order valence-electron chi connectivity index (χ3n) is 2.79. The molecule has 0 heterocycles. The molecule has 0 aliphatic heterocycles. The molecule has 2 aromatic carbocycles. The van der Waals surface area contributed by atoms with Gasteiger partial charge in [-0.25, -0.2) is 13.2 Å². The fourth-order valence-corrected chi connectivity index (χ4v) is 1.81. The number of benzene rings is 2. The van der Waals surface area contributed by atoms with E-state index in [1.165, 1.54) is 0 Å². The molecule has 0 saturated heterocycles. The first-order valence-corrected chi connectivity index (χ1v) is 6.46. The van der Waals surface area contributed by atoms with Gasteiger partial charge < -0.3 is 9.97 Å². The Labute approximate surface area is 122 Å². The number of rotatable bonds is 6. The predicted molar refractivity (Wildman–Crippen MR) is 77.3 cm³/mol. The van der Waals surface area contributed by atoms with Crippen molar-refractivity contribution in [3.63, 3.8) is 0 Å². The van der Waals surface area contributed by atoms with Gasteiger partial charge in [-0.15, -0.1) is 0 Å². The van der Waals surface area contributed by atoms with Crippen LogP contribution < -0.4 is 10.8 Å². The molecule has 2 rings (SSSR count). The van der Waals surface area contributed by atoms with Crippen LogP contribution in [0.2, 0.25) is 0 Å². The van der Waals surface area contributed by atoms with E-state index < -0.39 is 17.5 Å². The minimum atomic E-state index is -1.47. The lowest BCUT2D eigenvalue weighted by Gasteiger charge is -2.08. The maximum absolute atomic E-state index is 13.0. The van der Waals surface area contributed by atoms with E-state index in [1.807, 2.05) is 31.2 Å². The van der Waals surface area contributed by atoms with Crippen LogP contribution in [0.4, 0.5) is 18.9 Å². The van der Waals surface area contributed by atoms with Crippen LogP contribution >= 0.6 is 0 Å². The minimum absolute atomic E-state index is 0.172. The summed E-state index contributed by atoms with van der Waals surface area (Å²) in [6, 6.07) is 9.60. The number of nitrogens with one attached hydrogen (secondary N) is 1. The predicted octanol–water partition coefficient (Wildman–Crippen LogP) is 2.79. The fourth-order valence-electron chi connectivity index (χ4n) is 1.81. The molecule has 2 nitrogen and oxygen atoms in total. The first kappa shape index (κ1) is 15.4. The summed E-state index contributed by atoms with van der Waals surface area (Å²) in [4.78, 5) is 0. The molecule has 6 heteroatoms. The Balaban J connectivity index is 1.75. The van der Waals surface area contributed by atoms with Gasteiger partial charge in [0.15, 0.2) is 17.5 Å². The Morgan fingerprint density at radius 2 is 1.81 bits per heavy atom. The second-order valence-corrected chi connectivity index (χ2v) is 4.58. The molecule has 21 heavy (non-hydrogen) atoms. The minimum Gasteiger partial charge on any atom is -0.432 e. The lowest BCUT2D eigenvalue weighted by Crippen LogP contribution is -2.21. The Hall–Kier alpha value is -1.95. The highest BCUT2D eigenvalue weighted by Gasteiger charge is 2.09. The molecule has 0 aliphatic carbocycles. The molecule has 0 bridgehead atoms. The quantitative estimate of drug-likeness (QED) is 0.502. The molecule has 0 fully saturated rings. The Morgan fingerprint density at radius 1 is 1.10 bits per heavy atom. The fraction of sp³-hybridized carbons (Fsp3) is 0.200. The van der Waals surface area contributed by atoms with E-state index in [9.17, 15) is 13.2 Å². The van der Waals surface area contributed by atoms with Crippen LogP contribution in [0.25, 0.3) is 0 Å². The molecular formula is C15H14BF3NO. The van der Waals surface area contributed by atoms with Crippen molar-refractivity contribution in [2.24, 2.45) is 0 Å². The van der Waals surface area contributed by atoms with E-state index in [0.717, 1.165) is 23.2 Å². The van der Waals surface area contributed by atoms with Gasteiger partial charge in [0.2, 0.25) is 0 Å². The van der Waals surface area contributed by atoms with Crippen molar-refractivity contribution in [2.45, 2.75) is 6.92 Å². The maximum Gasteiger partial charge on any atom is 0.330 e. The summed E-state index contributed by atoms with van der Waals surface area (Å²) in [7, 11) is 1.61. The highest BCUT2D eigenvalue weighted by molar-refractivity contribution is 6.46. The topological polar surface area (TPSA) is 21.3 Å². The number of aryl methyl sites for hydroxylation is 1. The van der Waals surface area contributed by atoms with Gasteiger partial charge in [0, 0.05) is 31.0 Å². The van der Waals surface area contributed by atoms with Crippen LogP contribution in [0.15, 0.2) is 36.4 Å². The van der Waals surface area contributed by atoms with Crippen molar-refractivity contribution in [1.82, 2.24) is 0 Å². The average molecular weight is 292 g/mol. The largest absolute Gasteiger partial charge is 0.432 e. The van der Waals surface area contributed by atoms with Crippen molar-refractivity contribution in [3.8, 4) is 0 Å². The molecule has 2 aromatic rings. The third-order valence-corrected chi connectivity index (χ3v) is 2.79. The normalized spacial score (nSPS) is 10.5. The van der Waals surface area contributed by atoms with Crippen LogP contribution in [-0.4, -0.2) is 20.6 Å². The molecule has 0 saturated carbocycles. The number of hydrogen-bond donors (Lipinski definition) is 1. The number of anilines is 1. The standard InChI is InChI=1S/C15H14BF3NO/c1-10-3-2-4-11(7-10)16-21-6-5-20-12-8-13(17)15(19)14(18)9-12/h2-4,7-9,20H,5-6H2,1H3. The monoisotopic (exact) mass is 292 g/mol. The van der Waals surface area contributed by atoms with Crippen LogP contribution in [0, 0.1) is 24.4 Å². The van der Waals surface area contributed by atoms with E-state index in [2.05, 4.69) is 5.32 Å². The Bertz CT molecular complexity index is 599. The average Bonchev–Trinajstić information content (AvgIpc) is 2.44. The summed E-state index contributed by atoms with van der Waals surface area (Å²) in [5.74, 6) is -3.90. The van der Waals surface area contributed by atoms with Crippen molar-refractivity contribution >= 4 is 18.6 Å². The van der Waals surface area contributed by atoms with Crippen molar-refractivity contribution < 1.29 is 17.8 Å². The van der Waals surface area contributed by atoms with Crippen molar-refractivity contribution in [1.29, 1.82) is 0 Å². The van der Waals surface area contributed by atoms with Crippen LogP contribution in [-0.2, 0) is 4.65 Å². The van der Waals surface area contributed by atoms with E-state index in [4.69, 9.17) is 4.65 Å². The molecule has 0 atom stereocenters. The number of hydrogen-bond acceptors (Lipinski definition) is 2. The summed E-state index contributed by atoms with van der Waals surface area (Å²) in [5.41, 5.74) is 2.24. The van der Waals surface area contributed by atoms with Crippen LogP contribution in [0.1, 0.15) is 5.56 Å². The second kappa shape index (κ2) is 7.17. The molecule has 1 N–H and O–H groups in total. The second-order valence-electron chi connectivity index (χ2n) is 4.58. The summed E-state index contributed by atoms with van der Waals surface area (Å²) in [6.45, 7) is 2.64. The molecule has 0 unspecified atom stereocenters. The van der Waals surface area contributed by atoms with E-state index >= 15 is 0 Å². The summed E-state index contributed by atoms with van der Waals surface area (Å²) < 4.78 is 44.1. The van der Waals surface area contributed by atoms with E-state index in [-0.39, 0.29) is 5.69 Å². The van der Waals surface area contributed by atoms with Crippen molar-refractivity contribution in [2.75, 3.05) is 18.5 Å². The zero-order valence-corrected chi connectivity index (χ0v) is 11.5. The third kappa shape index (κ3) is 4.53. The molecule has 0 aromatic heterocycles. The first-order chi connectivity index (χ1) is 10.1. The van der Waals surface area contributed by atoms with Gasteiger partial charge in [0.25, 0.3) is 0 Å². The van der Waals surface area contributed by atoms with Gasteiger partial charge in [0.1, 0.15) is 0 Å². The van der Waals surface area contributed by atoms with Gasteiger partial charge in [0.05, 0.1) is 0 Å². The molecule has 0 amide bonds. The van der Waals surface area contributed by atoms with E-state index in [1.54, 1.807) is 7.48 Å². The lowest BCUT2D eigenvalue weighted by molar-refractivity contribution is 0.358. The van der Waals surface area contributed by atoms with Gasteiger partial charge in [-0.2, -0.15) is 0 Å². The van der Waals surface area contributed by atoms with Gasteiger partial charge in [-0.3, -0.25) is 0 Å². The zero-order chi connectivity index (χ0) is 15.2. The molecule has 0 spiro atoms. The van der Waals surface area contributed by atoms with E-state index in [0.29, 0.717) is 13.2 Å². The summed E-state index contributed by atoms with van der Waals surface area (Å²) in [6.07, 6.45) is 0. The van der Waals surface area contributed by atoms with Crippen LogP contribution in [0.3, 0.4) is 0 Å². The van der Waals surface area contributed by atoms with Crippen molar-refractivity contribution in [3.05, 3.63) is 59.4 Å². The Kier molecular flexibility index (Phi) is 5.28. The number of halogens is 3. The first-order valence-electron chi connectivity index (χ1n) is 6.46. The molecule has 0 aliphatic rings. The smallest absolute Gasteiger partial charge is 0.330 e. The van der Waals surface area contributed by atoms with Crippen LogP contribution in [0.5, 0.6) is 0 Å². The summed E-state index contributed by atoms with van der Waals surface area (Å²) in [5, 5.41) is 2.76. The van der Waals surface area contributed by atoms with Gasteiger partial charge in [-0.1, -0.05) is 35.3 Å². The maximum atomic E-state index is 13.0. The Morgan fingerprint density at radius 3 is 2.48 bits per heavy atom. The summed E-state index contributed by atoms with van der Waals surface area (Å²) >= 11 is 0. The highest BCUT2D eigenvalue weighted by atomic mass is 19.2. The SMILES string of the molecule is Cc1cccc([B]OCCNc2cc(F)c(F)c(F)c2)c1. The lowest BCUT2D eigenvalue weighted by atomic mass is 9.87. The molecular weight excluding hydrogens is 278 g/mol. The highest BCUT2D eigenvalue weighted by Crippen LogP contribution is 2.16. The molecule has 109 valence electrons. The molecule has 1 radical (unpaired) electrons. The van der Waals surface area contributed by atoms with Gasteiger partial charge in [-0.05, 0) is 6.92 Å². The van der Waals surface area contributed by atoms with Gasteiger partial charge >= 0.3 is 7.48 Å². The zero-order valence-electron chi connectivity index (χ0n) is 11.5.